The highest BCUT2D eigenvalue weighted by atomic mass is 35.5. The molecule has 0 N–H and O–H groups in total. The van der Waals surface area contributed by atoms with Gasteiger partial charge >= 0.3 is 0 Å². The molecule has 6 nitrogen and oxygen atoms in total. The number of aromatic nitrogens is 4. The van der Waals surface area contributed by atoms with E-state index in [4.69, 9.17) is 16.3 Å². The van der Waals surface area contributed by atoms with E-state index in [1.165, 1.54) is 11.6 Å². The molecule has 5 rings (SSSR count). The molecule has 0 saturated heterocycles. The lowest BCUT2D eigenvalue weighted by Crippen LogP contribution is -2.25. The number of benzene rings is 1. The predicted octanol–water partition coefficient (Wildman–Crippen LogP) is 4.90. The summed E-state index contributed by atoms with van der Waals surface area (Å²) < 4.78 is 21.9. The molecule has 31 heavy (non-hydrogen) atoms. The summed E-state index contributed by atoms with van der Waals surface area (Å²) in [6, 6.07) is 9.00. The zero-order chi connectivity index (χ0) is 21.4. The van der Waals surface area contributed by atoms with Crippen LogP contribution in [0.5, 0.6) is 5.88 Å². The summed E-state index contributed by atoms with van der Waals surface area (Å²) in [6.07, 6.45) is 5.01. The van der Waals surface area contributed by atoms with Gasteiger partial charge in [0.15, 0.2) is 11.6 Å². The van der Waals surface area contributed by atoms with Gasteiger partial charge in [-0.25, -0.2) is 9.37 Å². The van der Waals surface area contributed by atoms with Gasteiger partial charge in [-0.3, -0.25) is 9.47 Å². The van der Waals surface area contributed by atoms with E-state index in [0.29, 0.717) is 0 Å². The minimum absolute atomic E-state index is 0.0335. The molecule has 0 unspecified atom stereocenters. The van der Waals surface area contributed by atoms with E-state index in [9.17, 15) is 4.39 Å². The molecule has 1 aliphatic carbocycles. The van der Waals surface area contributed by atoms with Crippen molar-refractivity contribution in [2.75, 3.05) is 6.54 Å². The number of nitrogens with zero attached hydrogens (tertiary/aromatic N) is 5. The van der Waals surface area contributed by atoms with Crippen LogP contribution >= 0.6 is 11.6 Å². The Bertz CT molecular complexity index is 1080. The van der Waals surface area contributed by atoms with E-state index in [-0.39, 0.29) is 17.9 Å². The van der Waals surface area contributed by atoms with Crippen molar-refractivity contribution in [3.63, 3.8) is 0 Å². The normalized spacial score (nSPS) is 21.3. The fraction of sp³-hybridized carbons (Fsp3) is 0.435. The molecular formula is C23H25ClFN5O. The Morgan fingerprint density at radius 1 is 1.13 bits per heavy atom. The Kier molecular flexibility index (Phi) is 5.63. The van der Waals surface area contributed by atoms with Crippen LogP contribution in [0.4, 0.5) is 4.39 Å². The Labute approximate surface area is 186 Å². The second kappa shape index (κ2) is 8.55. The number of hydrogen-bond acceptors (Lipinski definition) is 5. The van der Waals surface area contributed by atoms with Gasteiger partial charge < -0.3 is 4.74 Å². The second-order valence-electron chi connectivity index (χ2n) is 8.27. The van der Waals surface area contributed by atoms with Gasteiger partial charge in [-0.1, -0.05) is 18.5 Å². The van der Waals surface area contributed by atoms with Crippen molar-refractivity contribution < 1.29 is 9.13 Å². The molecule has 2 aromatic heterocycles. The summed E-state index contributed by atoms with van der Waals surface area (Å²) in [5.74, 6) is 1.92. The first-order chi connectivity index (χ1) is 15.1. The standard InChI is InChI=1S/C23H25ClFN5O/c1-2-29-13-16-12-17(24)7-10-20(16)30-21(14-29)27-28-22(30)15-5-8-18(9-6-15)31-23-19(25)4-3-11-26-23/h3-4,7,10-12,15,18H,2,5-6,8-9,13-14H2,1H3/t15-,18-. The highest BCUT2D eigenvalue weighted by molar-refractivity contribution is 6.30. The molecule has 0 atom stereocenters. The first-order valence-corrected chi connectivity index (χ1v) is 11.2. The monoisotopic (exact) mass is 441 g/mol. The minimum atomic E-state index is -0.414. The van der Waals surface area contributed by atoms with Crippen molar-refractivity contribution in [3.8, 4) is 11.6 Å². The first-order valence-electron chi connectivity index (χ1n) is 10.8. The summed E-state index contributed by atoms with van der Waals surface area (Å²) in [7, 11) is 0. The molecule has 3 aromatic rings. The fourth-order valence-corrected chi connectivity index (χ4v) is 4.83. The van der Waals surface area contributed by atoms with Crippen LogP contribution < -0.4 is 4.74 Å². The Balaban J connectivity index is 1.38. The maximum atomic E-state index is 13.9. The summed E-state index contributed by atoms with van der Waals surface area (Å²) >= 11 is 6.30. The minimum Gasteiger partial charge on any atom is -0.472 e. The summed E-state index contributed by atoms with van der Waals surface area (Å²) in [5, 5.41) is 9.92. The van der Waals surface area contributed by atoms with Crippen LogP contribution in [-0.4, -0.2) is 37.3 Å². The van der Waals surface area contributed by atoms with Crippen molar-refractivity contribution >= 4 is 11.6 Å². The van der Waals surface area contributed by atoms with Crippen LogP contribution in [0.15, 0.2) is 36.5 Å². The van der Waals surface area contributed by atoms with E-state index in [1.807, 2.05) is 12.1 Å². The van der Waals surface area contributed by atoms with Crippen molar-refractivity contribution in [2.24, 2.45) is 0 Å². The van der Waals surface area contributed by atoms with Crippen LogP contribution in [-0.2, 0) is 13.1 Å². The smallest absolute Gasteiger partial charge is 0.250 e. The van der Waals surface area contributed by atoms with E-state index >= 15 is 0 Å². The van der Waals surface area contributed by atoms with E-state index in [1.54, 1.807) is 12.3 Å². The van der Waals surface area contributed by atoms with Crippen LogP contribution in [0.3, 0.4) is 0 Å². The summed E-state index contributed by atoms with van der Waals surface area (Å²) in [5.41, 5.74) is 2.31. The molecule has 2 aliphatic rings. The zero-order valence-electron chi connectivity index (χ0n) is 17.5. The van der Waals surface area contributed by atoms with Crippen LogP contribution in [0.1, 0.15) is 55.7 Å². The Hall–Kier alpha value is -2.51. The lowest BCUT2D eigenvalue weighted by Gasteiger charge is -2.28. The van der Waals surface area contributed by atoms with Crippen molar-refractivity contribution in [1.29, 1.82) is 0 Å². The third-order valence-electron chi connectivity index (χ3n) is 6.29. The van der Waals surface area contributed by atoms with Crippen LogP contribution in [0.25, 0.3) is 5.69 Å². The van der Waals surface area contributed by atoms with Crippen molar-refractivity contribution in [2.45, 2.75) is 57.7 Å². The van der Waals surface area contributed by atoms with Crippen LogP contribution in [0, 0.1) is 5.82 Å². The topological polar surface area (TPSA) is 56.1 Å². The molecule has 1 aromatic carbocycles. The average molecular weight is 442 g/mol. The van der Waals surface area contributed by atoms with Crippen molar-refractivity contribution in [1.82, 2.24) is 24.6 Å². The van der Waals surface area contributed by atoms with Gasteiger partial charge in [0.05, 0.1) is 12.2 Å². The summed E-state index contributed by atoms with van der Waals surface area (Å²) in [6.45, 7) is 4.68. The number of ether oxygens (including phenoxy) is 1. The maximum Gasteiger partial charge on any atom is 0.250 e. The molecule has 1 aliphatic heterocycles. The quantitative estimate of drug-likeness (QED) is 0.576. The van der Waals surface area contributed by atoms with E-state index in [0.717, 1.165) is 67.7 Å². The number of pyridine rings is 1. The molecule has 3 heterocycles. The highest BCUT2D eigenvalue weighted by Crippen LogP contribution is 2.37. The third kappa shape index (κ3) is 4.04. The highest BCUT2D eigenvalue weighted by Gasteiger charge is 2.31. The Morgan fingerprint density at radius 2 is 1.97 bits per heavy atom. The molecule has 8 heteroatoms. The molecule has 0 radical (unpaired) electrons. The molecular weight excluding hydrogens is 417 g/mol. The third-order valence-corrected chi connectivity index (χ3v) is 6.52. The maximum absolute atomic E-state index is 13.9. The Morgan fingerprint density at radius 3 is 2.74 bits per heavy atom. The average Bonchev–Trinajstić information content (AvgIpc) is 3.11. The van der Waals surface area contributed by atoms with E-state index in [2.05, 4.69) is 37.6 Å². The number of rotatable bonds is 4. The summed E-state index contributed by atoms with van der Waals surface area (Å²) in [4.78, 5) is 6.36. The largest absolute Gasteiger partial charge is 0.472 e. The van der Waals surface area contributed by atoms with Gasteiger partial charge in [-0.05, 0) is 68.1 Å². The molecule has 0 spiro atoms. The van der Waals surface area contributed by atoms with E-state index < -0.39 is 5.82 Å². The number of fused-ring (bicyclic) bond motifs is 3. The molecule has 162 valence electrons. The lowest BCUT2D eigenvalue weighted by molar-refractivity contribution is 0.132. The SMILES string of the molecule is CCN1Cc2cc(Cl)ccc2-n2c(nnc2[C@H]2CC[C@H](Oc3ncccc3F)CC2)C1. The number of halogens is 2. The van der Waals surface area contributed by atoms with Gasteiger partial charge in [-0.2, -0.15) is 0 Å². The van der Waals surface area contributed by atoms with Crippen molar-refractivity contribution in [3.05, 3.63) is 64.6 Å². The molecule has 0 amide bonds. The molecule has 1 fully saturated rings. The van der Waals surface area contributed by atoms with Gasteiger partial charge in [0.2, 0.25) is 0 Å². The fourth-order valence-electron chi connectivity index (χ4n) is 4.63. The number of hydrogen-bond donors (Lipinski definition) is 0. The zero-order valence-corrected chi connectivity index (χ0v) is 18.2. The second-order valence-corrected chi connectivity index (χ2v) is 8.70. The van der Waals surface area contributed by atoms with Crippen LogP contribution in [0.2, 0.25) is 5.02 Å². The first kappa shape index (κ1) is 20.4. The van der Waals surface area contributed by atoms with Gasteiger partial charge in [0, 0.05) is 23.7 Å². The molecule has 0 bridgehead atoms. The predicted molar refractivity (Wildman–Crippen MR) is 116 cm³/mol. The molecule has 1 saturated carbocycles. The van der Waals surface area contributed by atoms with Gasteiger partial charge in [-0.15, -0.1) is 10.2 Å². The van der Waals surface area contributed by atoms with Gasteiger partial charge in [0.25, 0.3) is 5.88 Å². The van der Waals surface area contributed by atoms with Gasteiger partial charge in [0.1, 0.15) is 11.9 Å². The lowest BCUT2D eigenvalue weighted by atomic mass is 9.86.